The highest BCUT2D eigenvalue weighted by atomic mass is 79.9. The number of benzene rings is 1. The lowest BCUT2D eigenvalue weighted by Gasteiger charge is -2.15. The van der Waals surface area contributed by atoms with Crippen LogP contribution in [0.5, 0.6) is 0 Å². The second kappa shape index (κ2) is 7.91. The van der Waals surface area contributed by atoms with Crippen LogP contribution in [0.15, 0.2) is 28.7 Å². The van der Waals surface area contributed by atoms with Gasteiger partial charge in [0.05, 0.1) is 0 Å². The number of amides is 1. The van der Waals surface area contributed by atoms with Gasteiger partial charge < -0.3 is 15.2 Å². The highest BCUT2D eigenvalue weighted by Gasteiger charge is 2.21. The minimum Gasteiger partial charge on any atom is -0.479 e. The van der Waals surface area contributed by atoms with Crippen molar-refractivity contribution in [1.82, 2.24) is 5.32 Å². The van der Waals surface area contributed by atoms with Crippen molar-refractivity contribution in [2.45, 2.75) is 18.9 Å². The first kappa shape index (κ1) is 15.7. The summed E-state index contributed by atoms with van der Waals surface area (Å²) in [6.07, 6.45) is 0.809. The fraction of sp³-hybridized carbons (Fsp3) is 0.385. The van der Waals surface area contributed by atoms with Crippen molar-refractivity contribution in [3.05, 3.63) is 34.3 Å². The van der Waals surface area contributed by atoms with Gasteiger partial charge in [0.2, 0.25) is 5.91 Å². The normalized spacial score (nSPS) is 11.9. The number of hydrogen-bond donors (Lipinski definition) is 2. The number of halogens is 1. The summed E-state index contributed by atoms with van der Waals surface area (Å²) in [6, 6.07) is 5.78. The number of hydrogen-bond acceptors (Lipinski definition) is 3. The molecule has 1 amide bonds. The van der Waals surface area contributed by atoms with E-state index in [9.17, 15) is 9.59 Å². The Labute approximate surface area is 120 Å². The second-order valence-electron chi connectivity index (χ2n) is 3.99. The summed E-state index contributed by atoms with van der Waals surface area (Å²) in [7, 11) is 1.56. The van der Waals surface area contributed by atoms with Crippen LogP contribution in [0.2, 0.25) is 0 Å². The van der Waals surface area contributed by atoms with E-state index in [0.717, 1.165) is 4.47 Å². The molecule has 1 aromatic carbocycles. The first-order valence-corrected chi connectivity index (χ1v) is 6.60. The number of aliphatic carboxylic acids is 1. The number of nitrogens with one attached hydrogen (secondary N) is 1. The molecule has 6 heteroatoms. The van der Waals surface area contributed by atoms with Gasteiger partial charge >= 0.3 is 5.97 Å². The fourth-order valence-corrected chi connectivity index (χ4v) is 1.82. The van der Waals surface area contributed by atoms with E-state index in [2.05, 4.69) is 21.2 Å². The maximum absolute atomic E-state index is 11.6. The summed E-state index contributed by atoms with van der Waals surface area (Å²) in [6.45, 7) is 0.476. The lowest BCUT2D eigenvalue weighted by molar-refractivity contribution is -0.142. The molecule has 0 radical (unpaired) electrons. The molecule has 0 saturated heterocycles. The second-order valence-corrected chi connectivity index (χ2v) is 4.90. The van der Waals surface area contributed by atoms with E-state index in [1.54, 1.807) is 31.4 Å². The van der Waals surface area contributed by atoms with Crippen LogP contribution >= 0.6 is 15.9 Å². The SMILES string of the molecule is COCCCC(=O)NC(C(=O)O)c1ccc(Br)cc1. The van der Waals surface area contributed by atoms with Crippen molar-refractivity contribution in [2.24, 2.45) is 0 Å². The first-order chi connectivity index (χ1) is 9.04. The van der Waals surface area contributed by atoms with Crippen LogP contribution in [0.3, 0.4) is 0 Å². The van der Waals surface area contributed by atoms with Gasteiger partial charge in [0.15, 0.2) is 6.04 Å². The Bertz CT molecular complexity index is 433. The Kier molecular flexibility index (Phi) is 6.52. The van der Waals surface area contributed by atoms with Gasteiger partial charge in [0, 0.05) is 24.6 Å². The zero-order chi connectivity index (χ0) is 14.3. The van der Waals surface area contributed by atoms with Crippen molar-refractivity contribution in [2.75, 3.05) is 13.7 Å². The average molecular weight is 330 g/mol. The van der Waals surface area contributed by atoms with E-state index in [1.165, 1.54) is 0 Å². The third-order valence-electron chi connectivity index (χ3n) is 2.51. The van der Waals surface area contributed by atoms with Crippen molar-refractivity contribution < 1.29 is 19.4 Å². The van der Waals surface area contributed by atoms with Crippen LogP contribution in [-0.2, 0) is 14.3 Å². The minimum atomic E-state index is -1.08. The third-order valence-corrected chi connectivity index (χ3v) is 3.04. The van der Waals surface area contributed by atoms with Crippen LogP contribution in [0, 0.1) is 0 Å². The van der Waals surface area contributed by atoms with E-state index in [0.29, 0.717) is 18.6 Å². The summed E-state index contributed by atoms with van der Waals surface area (Å²) in [5.74, 6) is -1.38. The quantitative estimate of drug-likeness (QED) is 0.751. The van der Waals surface area contributed by atoms with E-state index >= 15 is 0 Å². The standard InChI is InChI=1S/C13H16BrNO4/c1-19-8-2-3-11(16)15-12(13(17)18)9-4-6-10(14)7-5-9/h4-7,12H,2-3,8H2,1H3,(H,15,16)(H,17,18). The molecule has 19 heavy (non-hydrogen) atoms. The molecule has 0 heterocycles. The third kappa shape index (κ3) is 5.40. The van der Waals surface area contributed by atoms with Gasteiger partial charge in [-0.05, 0) is 24.1 Å². The number of methoxy groups -OCH3 is 1. The number of ether oxygens (including phenoxy) is 1. The summed E-state index contributed by atoms with van der Waals surface area (Å²) in [5, 5.41) is 11.7. The first-order valence-electron chi connectivity index (χ1n) is 5.81. The molecule has 1 aromatic rings. The largest absolute Gasteiger partial charge is 0.479 e. The van der Waals surface area contributed by atoms with Gasteiger partial charge in [-0.2, -0.15) is 0 Å². The molecule has 104 valence electrons. The predicted molar refractivity (Wildman–Crippen MR) is 73.8 cm³/mol. The maximum Gasteiger partial charge on any atom is 0.330 e. The van der Waals surface area contributed by atoms with Gasteiger partial charge in [-0.25, -0.2) is 4.79 Å². The lowest BCUT2D eigenvalue weighted by Crippen LogP contribution is -2.33. The Morgan fingerprint density at radius 3 is 2.53 bits per heavy atom. The fourth-order valence-electron chi connectivity index (χ4n) is 1.55. The topological polar surface area (TPSA) is 75.6 Å². The molecule has 1 atom stereocenters. The highest BCUT2D eigenvalue weighted by Crippen LogP contribution is 2.17. The van der Waals surface area contributed by atoms with Gasteiger partial charge in [-0.3, -0.25) is 4.79 Å². The molecular formula is C13H16BrNO4. The summed E-state index contributed by atoms with van der Waals surface area (Å²) in [4.78, 5) is 22.8. The number of carboxylic acid groups (broad SMARTS) is 1. The summed E-state index contributed by atoms with van der Waals surface area (Å²) < 4.78 is 5.69. The van der Waals surface area contributed by atoms with Crippen LogP contribution in [0.25, 0.3) is 0 Å². The van der Waals surface area contributed by atoms with Gasteiger partial charge in [-0.1, -0.05) is 28.1 Å². The minimum absolute atomic E-state index is 0.244. The molecule has 0 fully saturated rings. The molecule has 0 aliphatic carbocycles. The molecular weight excluding hydrogens is 314 g/mol. The molecule has 0 saturated carbocycles. The number of carbonyl (C=O) groups is 2. The Balaban J connectivity index is 2.65. The molecule has 1 unspecified atom stereocenters. The van der Waals surface area contributed by atoms with Crippen LogP contribution in [-0.4, -0.2) is 30.7 Å². The summed E-state index contributed by atoms with van der Waals surface area (Å²) in [5.41, 5.74) is 0.538. The highest BCUT2D eigenvalue weighted by molar-refractivity contribution is 9.10. The Hall–Kier alpha value is -1.40. The molecule has 0 aliphatic heterocycles. The number of carboxylic acids is 1. The zero-order valence-electron chi connectivity index (χ0n) is 10.6. The number of carbonyl (C=O) groups excluding carboxylic acids is 1. The smallest absolute Gasteiger partial charge is 0.330 e. The van der Waals surface area contributed by atoms with E-state index in [1.807, 2.05) is 0 Å². The lowest BCUT2D eigenvalue weighted by atomic mass is 10.1. The molecule has 0 bridgehead atoms. The van der Waals surface area contributed by atoms with Crippen LogP contribution in [0.1, 0.15) is 24.4 Å². The number of rotatable bonds is 7. The summed E-state index contributed by atoms with van der Waals surface area (Å²) >= 11 is 3.28. The predicted octanol–water partition coefficient (Wildman–Crippen LogP) is 2.12. The Morgan fingerprint density at radius 2 is 2.00 bits per heavy atom. The van der Waals surface area contributed by atoms with Crippen molar-refractivity contribution >= 4 is 27.8 Å². The molecule has 0 aromatic heterocycles. The zero-order valence-corrected chi connectivity index (χ0v) is 12.1. The van der Waals surface area contributed by atoms with E-state index in [4.69, 9.17) is 9.84 Å². The van der Waals surface area contributed by atoms with E-state index < -0.39 is 12.0 Å². The Morgan fingerprint density at radius 1 is 1.37 bits per heavy atom. The monoisotopic (exact) mass is 329 g/mol. The van der Waals surface area contributed by atoms with Crippen LogP contribution < -0.4 is 5.32 Å². The van der Waals surface area contributed by atoms with Gasteiger partial charge in [0.25, 0.3) is 0 Å². The van der Waals surface area contributed by atoms with Crippen molar-refractivity contribution in [1.29, 1.82) is 0 Å². The van der Waals surface area contributed by atoms with Gasteiger partial charge in [0.1, 0.15) is 0 Å². The molecule has 1 rings (SSSR count). The van der Waals surface area contributed by atoms with Crippen molar-refractivity contribution in [3.8, 4) is 0 Å². The van der Waals surface area contributed by atoms with Crippen LogP contribution in [0.4, 0.5) is 0 Å². The molecule has 5 nitrogen and oxygen atoms in total. The van der Waals surface area contributed by atoms with Crippen molar-refractivity contribution in [3.63, 3.8) is 0 Å². The van der Waals surface area contributed by atoms with E-state index in [-0.39, 0.29) is 12.3 Å². The average Bonchev–Trinajstić information content (AvgIpc) is 2.37. The van der Waals surface area contributed by atoms with Gasteiger partial charge in [-0.15, -0.1) is 0 Å². The molecule has 2 N–H and O–H groups in total. The molecule has 0 spiro atoms. The molecule has 0 aliphatic rings. The maximum atomic E-state index is 11.6.